The zero-order valence-electron chi connectivity index (χ0n) is 9.32. The van der Waals surface area contributed by atoms with Gasteiger partial charge in [-0.15, -0.1) is 0 Å². The van der Waals surface area contributed by atoms with Crippen LogP contribution in [0, 0.1) is 0 Å². The smallest absolute Gasteiger partial charge is 0.326 e. The lowest BCUT2D eigenvalue weighted by Gasteiger charge is -2.32. The Labute approximate surface area is 94.8 Å². The molecule has 1 atom stereocenters. The lowest BCUT2D eigenvalue weighted by atomic mass is 10.0. The molecule has 2 amide bonds. The highest BCUT2D eigenvalue weighted by atomic mass is 16.4. The van der Waals surface area contributed by atoms with Gasteiger partial charge in [-0.1, -0.05) is 0 Å². The third-order valence-corrected chi connectivity index (χ3v) is 2.71. The van der Waals surface area contributed by atoms with E-state index in [9.17, 15) is 9.59 Å². The number of nitrogens with two attached hydrogens (primary N) is 1. The van der Waals surface area contributed by atoms with E-state index in [1.807, 2.05) is 0 Å². The van der Waals surface area contributed by atoms with Crippen molar-refractivity contribution in [3.63, 3.8) is 0 Å². The molecule has 0 aliphatic carbocycles. The molecule has 0 spiro atoms. The molecule has 1 aliphatic rings. The van der Waals surface area contributed by atoms with Gasteiger partial charge in [-0.05, 0) is 32.2 Å². The Morgan fingerprint density at radius 3 is 2.81 bits per heavy atom. The summed E-state index contributed by atoms with van der Waals surface area (Å²) in [5, 5.41) is 11.7. The number of amides is 2. The van der Waals surface area contributed by atoms with Gasteiger partial charge in [-0.2, -0.15) is 0 Å². The number of carbonyl (C=O) groups is 2. The number of piperidine rings is 1. The SMILES string of the molecule is NCCCNC(=O)N1CCCCC1C(=O)O. The van der Waals surface area contributed by atoms with E-state index in [0.717, 1.165) is 12.8 Å². The summed E-state index contributed by atoms with van der Waals surface area (Å²) >= 11 is 0. The molecule has 0 aromatic carbocycles. The van der Waals surface area contributed by atoms with Crippen LogP contribution < -0.4 is 11.1 Å². The summed E-state index contributed by atoms with van der Waals surface area (Å²) in [6.07, 6.45) is 2.98. The van der Waals surface area contributed by atoms with E-state index < -0.39 is 12.0 Å². The second kappa shape index (κ2) is 6.32. The molecule has 1 unspecified atom stereocenters. The van der Waals surface area contributed by atoms with Gasteiger partial charge in [-0.25, -0.2) is 9.59 Å². The zero-order chi connectivity index (χ0) is 12.0. The van der Waals surface area contributed by atoms with Crippen LogP contribution in [0.4, 0.5) is 4.79 Å². The highest BCUT2D eigenvalue weighted by Crippen LogP contribution is 2.17. The van der Waals surface area contributed by atoms with Crippen LogP contribution in [0.3, 0.4) is 0 Å². The monoisotopic (exact) mass is 229 g/mol. The van der Waals surface area contributed by atoms with Crippen molar-refractivity contribution in [1.29, 1.82) is 0 Å². The quantitative estimate of drug-likeness (QED) is 0.590. The van der Waals surface area contributed by atoms with Crippen LogP contribution in [-0.2, 0) is 4.79 Å². The topological polar surface area (TPSA) is 95.7 Å². The molecule has 0 saturated carbocycles. The molecular formula is C10H19N3O3. The van der Waals surface area contributed by atoms with E-state index in [1.165, 1.54) is 4.90 Å². The number of carboxylic acid groups (broad SMARTS) is 1. The highest BCUT2D eigenvalue weighted by molar-refractivity contribution is 5.82. The Bertz CT molecular complexity index is 258. The van der Waals surface area contributed by atoms with Crippen LogP contribution in [0.15, 0.2) is 0 Å². The predicted molar refractivity (Wildman–Crippen MR) is 59.1 cm³/mol. The molecule has 1 fully saturated rings. The molecule has 6 heteroatoms. The molecule has 92 valence electrons. The lowest BCUT2D eigenvalue weighted by molar-refractivity contribution is -0.143. The minimum absolute atomic E-state index is 0.291. The first-order valence-electron chi connectivity index (χ1n) is 5.64. The van der Waals surface area contributed by atoms with Gasteiger partial charge in [0.05, 0.1) is 0 Å². The Kier molecular flexibility index (Phi) is 5.04. The summed E-state index contributed by atoms with van der Waals surface area (Å²) in [7, 11) is 0. The van der Waals surface area contributed by atoms with Gasteiger partial charge in [0.2, 0.25) is 0 Å². The van der Waals surface area contributed by atoms with Crippen LogP contribution in [-0.4, -0.2) is 47.7 Å². The molecule has 1 heterocycles. The second-order valence-corrected chi connectivity index (χ2v) is 3.92. The number of hydrogen-bond acceptors (Lipinski definition) is 3. The maximum Gasteiger partial charge on any atom is 0.326 e. The van der Waals surface area contributed by atoms with Crippen molar-refractivity contribution in [3.8, 4) is 0 Å². The number of aliphatic carboxylic acids is 1. The molecule has 0 radical (unpaired) electrons. The Morgan fingerprint density at radius 2 is 2.19 bits per heavy atom. The first-order chi connectivity index (χ1) is 7.66. The van der Waals surface area contributed by atoms with Gasteiger partial charge in [0.25, 0.3) is 0 Å². The lowest BCUT2D eigenvalue weighted by Crippen LogP contribution is -2.52. The van der Waals surface area contributed by atoms with Crippen molar-refractivity contribution in [1.82, 2.24) is 10.2 Å². The van der Waals surface area contributed by atoms with E-state index in [1.54, 1.807) is 0 Å². The predicted octanol–water partition coefficient (Wildman–Crippen LogP) is -0.0161. The Hall–Kier alpha value is -1.30. The number of urea groups is 1. The molecule has 0 aromatic rings. The number of carboxylic acids is 1. The minimum atomic E-state index is -0.923. The average Bonchev–Trinajstić information content (AvgIpc) is 2.29. The minimum Gasteiger partial charge on any atom is -0.480 e. The second-order valence-electron chi connectivity index (χ2n) is 3.92. The van der Waals surface area contributed by atoms with Gasteiger partial charge in [-0.3, -0.25) is 0 Å². The van der Waals surface area contributed by atoms with Crippen LogP contribution in [0.1, 0.15) is 25.7 Å². The molecule has 1 saturated heterocycles. The van der Waals surface area contributed by atoms with Gasteiger partial charge < -0.3 is 21.1 Å². The third kappa shape index (κ3) is 3.37. The van der Waals surface area contributed by atoms with E-state index in [4.69, 9.17) is 10.8 Å². The molecule has 6 nitrogen and oxygen atoms in total. The molecule has 1 rings (SSSR count). The van der Waals surface area contributed by atoms with Crippen molar-refractivity contribution >= 4 is 12.0 Å². The van der Waals surface area contributed by atoms with Gasteiger partial charge >= 0.3 is 12.0 Å². The molecule has 1 aliphatic heterocycles. The highest BCUT2D eigenvalue weighted by Gasteiger charge is 2.31. The number of carbonyl (C=O) groups excluding carboxylic acids is 1. The first-order valence-corrected chi connectivity index (χ1v) is 5.64. The fourth-order valence-corrected chi connectivity index (χ4v) is 1.83. The molecule has 16 heavy (non-hydrogen) atoms. The molecule has 4 N–H and O–H groups in total. The third-order valence-electron chi connectivity index (χ3n) is 2.71. The largest absolute Gasteiger partial charge is 0.480 e. The molecular weight excluding hydrogens is 210 g/mol. The van der Waals surface area contributed by atoms with Gasteiger partial charge in [0.15, 0.2) is 0 Å². The van der Waals surface area contributed by atoms with Crippen LogP contribution in [0.2, 0.25) is 0 Å². The van der Waals surface area contributed by atoms with E-state index in [0.29, 0.717) is 32.5 Å². The van der Waals surface area contributed by atoms with Crippen LogP contribution in [0.25, 0.3) is 0 Å². The van der Waals surface area contributed by atoms with E-state index in [2.05, 4.69) is 5.32 Å². The van der Waals surface area contributed by atoms with Gasteiger partial charge in [0.1, 0.15) is 6.04 Å². The number of rotatable bonds is 4. The van der Waals surface area contributed by atoms with Gasteiger partial charge in [0, 0.05) is 13.1 Å². The summed E-state index contributed by atoms with van der Waals surface area (Å²) in [6.45, 7) is 1.53. The molecule has 0 aromatic heterocycles. The fourth-order valence-electron chi connectivity index (χ4n) is 1.83. The van der Waals surface area contributed by atoms with Crippen LogP contribution >= 0.6 is 0 Å². The summed E-state index contributed by atoms with van der Waals surface area (Å²) < 4.78 is 0. The maximum atomic E-state index is 11.7. The standard InChI is InChI=1S/C10H19N3O3/c11-5-3-6-12-10(16)13-7-2-1-4-8(13)9(14)15/h8H,1-7,11H2,(H,12,16)(H,14,15). The number of nitrogens with one attached hydrogen (secondary N) is 1. The van der Waals surface area contributed by atoms with Crippen molar-refractivity contribution in [2.75, 3.05) is 19.6 Å². The summed E-state index contributed by atoms with van der Waals surface area (Å²) in [5.74, 6) is -0.923. The van der Waals surface area contributed by atoms with Crippen molar-refractivity contribution in [2.24, 2.45) is 5.73 Å². The van der Waals surface area contributed by atoms with Crippen LogP contribution in [0.5, 0.6) is 0 Å². The van der Waals surface area contributed by atoms with Crippen molar-refractivity contribution in [3.05, 3.63) is 0 Å². The number of hydrogen-bond donors (Lipinski definition) is 3. The zero-order valence-corrected chi connectivity index (χ0v) is 9.32. The number of likely N-dealkylation sites (tertiary alicyclic amines) is 1. The normalized spacial score (nSPS) is 20.6. The van der Waals surface area contributed by atoms with Crippen molar-refractivity contribution < 1.29 is 14.7 Å². The number of nitrogens with zero attached hydrogens (tertiary/aromatic N) is 1. The Balaban J connectivity index is 2.47. The van der Waals surface area contributed by atoms with Crippen molar-refractivity contribution in [2.45, 2.75) is 31.7 Å². The first kappa shape index (κ1) is 12.8. The fraction of sp³-hybridized carbons (Fsp3) is 0.800. The average molecular weight is 229 g/mol. The summed E-state index contributed by atoms with van der Waals surface area (Å²) in [4.78, 5) is 24.1. The Morgan fingerprint density at radius 1 is 1.44 bits per heavy atom. The molecule has 0 bridgehead atoms. The van der Waals surface area contributed by atoms with E-state index in [-0.39, 0.29) is 6.03 Å². The van der Waals surface area contributed by atoms with E-state index >= 15 is 0 Å². The summed E-state index contributed by atoms with van der Waals surface area (Å²) in [6, 6.07) is -0.966. The maximum absolute atomic E-state index is 11.7. The summed E-state index contributed by atoms with van der Waals surface area (Å²) in [5.41, 5.74) is 5.31.